The summed E-state index contributed by atoms with van der Waals surface area (Å²) in [5.74, 6) is 0.985. The van der Waals surface area contributed by atoms with Gasteiger partial charge in [0.15, 0.2) is 0 Å². The standard InChI is InChI=1S/C11H21N2OP/c1(5-12-9-11-3-4-11)2-6-13-7-8-14-10-15-13/h1-2,11-12,15H,3-10H2/b2-1-. The Morgan fingerprint density at radius 2 is 2.33 bits per heavy atom. The predicted octanol–water partition coefficient (Wildman–Crippen LogP) is 1.43. The molecule has 3 nitrogen and oxygen atoms in total. The first-order valence-corrected chi connectivity index (χ1v) is 7.02. The molecule has 1 N–H and O–H groups in total. The second-order valence-electron chi connectivity index (χ2n) is 4.23. The molecule has 1 unspecified atom stereocenters. The summed E-state index contributed by atoms with van der Waals surface area (Å²) in [6, 6.07) is 0. The van der Waals surface area contributed by atoms with Gasteiger partial charge in [0.05, 0.1) is 13.0 Å². The Labute approximate surface area is 94.1 Å². The van der Waals surface area contributed by atoms with Crippen molar-refractivity contribution in [3.63, 3.8) is 0 Å². The fraction of sp³-hybridized carbons (Fsp3) is 0.818. The van der Waals surface area contributed by atoms with Crippen LogP contribution in [-0.2, 0) is 4.74 Å². The van der Waals surface area contributed by atoms with E-state index in [4.69, 9.17) is 4.74 Å². The van der Waals surface area contributed by atoms with Crippen molar-refractivity contribution in [2.24, 2.45) is 5.92 Å². The van der Waals surface area contributed by atoms with E-state index in [0.29, 0.717) is 0 Å². The van der Waals surface area contributed by atoms with E-state index in [1.807, 2.05) is 0 Å². The summed E-state index contributed by atoms with van der Waals surface area (Å²) >= 11 is 0. The molecule has 1 atom stereocenters. The fourth-order valence-electron chi connectivity index (χ4n) is 1.60. The maximum Gasteiger partial charge on any atom is 0.0768 e. The van der Waals surface area contributed by atoms with Gasteiger partial charge in [0.1, 0.15) is 0 Å². The van der Waals surface area contributed by atoms with Crippen LogP contribution in [-0.4, -0.2) is 43.8 Å². The van der Waals surface area contributed by atoms with Crippen molar-refractivity contribution in [2.45, 2.75) is 12.8 Å². The van der Waals surface area contributed by atoms with Crippen molar-refractivity contribution in [3.8, 4) is 0 Å². The average molecular weight is 228 g/mol. The molecule has 1 aliphatic carbocycles. The molecule has 4 heteroatoms. The first kappa shape index (κ1) is 11.5. The number of ether oxygens (including phenoxy) is 1. The van der Waals surface area contributed by atoms with Crippen LogP contribution in [0.25, 0.3) is 0 Å². The van der Waals surface area contributed by atoms with E-state index in [2.05, 4.69) is 22.1 Å². The largest absolute Gasteiger partial charge is 0.375 e. The lowest BCUT2D eigenvalue weighted by Gasteiger charge is -2.24. The molecule has 0 aromatic carbocycles. The molecule has 0 aromatic rings. The van der Waals surface area contributed by atoms with E-state index in [9.17, 15) is 0 Å². The van der Waals surface area contributed by atoms with Gasteiger partial charge in [-0.1, -0.05) is 12.2 Å². The first-order chi connectivity index (χ1) is 7.45. The molecule has 0 spiro atoms. The number of hydrogen-bond acceptors (Lipinski definition) is 3. The summed E-state index contributed by atoms with van der Waals surface area (Å²) in [5.41, 5.74) is 0. The Kier molecular flexibility index (Phi) is 5.07. The highest BCUT2D eigenvalue weighted by Crippen LogP contribution is 2.27. The van der Waals surface area contributed by atoms with Crippen LogP contribution in [0.1, 0.15) is 12.8 Å². The lowest BCUT2D eigenvalue weighted by Crippen LogP contribution is -2.25. The number of rotatable bonds is 6. The normalized spacial score (nSPS) is 25.3. The summed E-state index contributed by atoms with van der Waals surface area (Å²) in [6.07, 6.45) is 8.32. The highest BCUT2D eigenvalue weighted by atomic mass is 31.1. The van der Waals surface area contributed by atoms with Gasteiger partial charge in [-0.15, -0.1) is 0 Å². The van der Waals surface area contributed by atoms with E-state index in [1.54, 1.807) is 0 Å². The molecule has 2 aliphatic rings. The van der Waals surface area contributed by atoms with Gasteiger partial charge in [-0.3, -0.25) is 4.67 Å². The van der Waals surface area contributed by atoms with E-state index in [-0.39, 0.29) is 0 Å². The molecule has 1 saturated carbocycles. The van der Waals surface area contributed by atoms with Gasteiger partial charge >= 0.3 is 0 Å². The minimum absolute atomic E-state index is 0.850. The third-order valence-corrected chi connectivity index (χ3v) is 3.97. The molecule has 1 saturated heterocycles. The van der Waals surface area contributed by atoms with Crippen molar-refractivity contribution in [1.82, 2.24) is 9.99 Å². The molecule has 2 fully saturated rings. The highest BCUT2D eigenvalue weighted by molar-refractivity contribution is 7.35. The van der Waals surface area contributed by atoms with Crippen molar-refractivity contribution in [2.75, 3.05) is 39.1 Å². The van der Waals surface area contributed by atoms with Gasteiger partial charge in [0.25, 0.3) is 0 Å². The topological polar surface area (TPSA) is 24.5 Å². The lowest BCUT2D eigenvalue weighted by molar-refractivity contribution is 0.146. The number of hydrogen-bond donors (Lipinski definition) is 1. The fourth-order valence-corrected chi connectivity index (χ4v) is 2.50. The Balaban J connectivity index is 1.46. The third-order valence-electron chi connectivity index (χ3n) is 2.78. The van der Waals surface area contributed by atoms with E-state index >= 15 is 0 Å². The van der Waals surface area contributed by atoms with Gasteiger partial charge in [-0.25, -0.2) is 0 Å². The lowest BCUT2D eigenvalue weighted by atomic mass is 10.4. The number of nitrogens with one attached hydrogen (secondary N) is 1. The molecule has 2 rings (SSSR count). The smallest absolute Gasteiger partial charge is 0.0768 e. The summed E-state index contributed by atoms with van der Waals surface area (Å²) in [4.78, 5) is 0. The molecule has 86 valence electrons. The molecular weight excluding hydrogens is 207 g/mol. The summed E-state index contributed by atoms with van der Waals surface area (Å²) < 4.78 is 7.77. The zero-order chi connectivity index (χ0) is 10.3. The molecule has 15 heavy (non-hydrogen) atoms. The molecule has 1 aliphatic heterocycles. The van der Waals surface area contributed by atoms with Crippen molar-refractivity contribution >= 4 is 8.73 Å². The van der Waals surface area contributed by atoms with E-state index in [1.165, 1.54) is 19.4 Å². The summed E-state index contributed by atoms with van der Waals surface area (Å²) in [6.45, 7) is 5.33. The van der Waals surface area contributed by atoms with E-state index < -0.39 is 0 Å². The van der Waals surface area contributed by atoms with Gasteiger partial charge in [0, 0.05) is 19.6 Å². The van der Waals surface area contributed by atoms with Crippen LogP contribution in [0.2, 0.25) is 0 Å². The molecule has 0 radical (unpaired) electrons. The zero-order valence-electron chi connectivity index (χ0n) is 9.24. The van der Waals surface area contributed by atoms with Crippen LogP contribution in [0, 0.1) is 5.92 Å². The highest BCUT2D eigenvalue weighted by Gasteiger charge is 2.19. The maximum absolute atomic E-state index is 5.31. The molecular formula is C11H21N2OP. The molecule has 0 amide bonds. The van der Waals surface area contributed by atoms with Crippen LogP contribution >= 0.6 is 8.73 Å². The summed E-state index contributed by atoms with van der Waals surface area (Å²) in [7, 11) is 0.850. The minimum Gasteiger partial charge on any atom is -0.375 e. The third kappa shape index (κ3) is 5.07. The number of nitrogens with zero attached hydrogens (tertiary/aromatic N) is 1. The van der Waals surface area contributed by atoms with Crippen LogP contribution in [0.15, 0.2) is 12.2 Å². The Morgan fingerprint density at radius 3 is 3.07 bits per heavy atom. The van der Waals surface area contributed by atoms with Crippen molar-refractivity contribution < 1.29 is 4.74 Å². The van der Waals surface area contributed by atoms with Crippen LogP contribution in [0.4, 0.5) is 0 Å². The van der Waals surface area contributed by atoms with Crippen molar-refractivity contribution in [3.05, 3.63) is 12.2 Å². The van der Waals surface area contributed by atoms with Gasteiger partial charge < -0.3 is 10.1 Å². The van der Waals surface area contributed by atoms with E-state index in [0.717, 1.165) is 47.2 Å². The second kappa shape index (κ2) is 6.59. The van der Waals surface area contributed by atoms with Crippen LogP contribution in [0.5, 0.6) is 0 Å². The maximum atomic E-state index is 5.31. The Hall–Kier alpha value is 0.0500. The van der Waals surface area contributed by atoms with Crippen molar-refractivity contribution in [1.29, 1.82) is 0 Å². The predicted molar refractivity (Wildman–Crippen MR) is 65.4 cm³/mol. The Bertz CT molecular complexity index is 201. The minimum atomic E-state index is 0.850. The van der Waals surface area contributed by atoms with Gasteiger partial charge in [-0.05, 0) is 34.0 Å². The second-order valence-corrected chi connectivity index (χ2v) is 5.47. The first-order valence-electron chi connectivity index (χ1n) is 5.87. The van der Waals surface area contributed by atoms with Gasteiger partial charge in [0.2, 0.25) is 0 Å². The SMILES string of the molecule is C(=C/CN1CCOCP1)/CNCC1CC1. The average Bonchev–Trinajstić information content (AvgIpc) is 3.09. The van der Waals surface area contributed by atoms with Crippen LogP contribution < -0.4 is 5.32 Å². The monoisotopic (exact) mass is 228 g/mol. The summed E-state index contributed by atoms with van der Waals surface area (Å²) in [5, 5.41) is 3.46. The molecule has 1 heterocycles. The zero-order valence-corrected chi connectivity index (χ0v) is 10.2. The van der Waals surface area contributed by atoms with Crippen LogP contribution in [0.3, 0.4) is 0 Å². The Morgan fingerprint density at radius 1 is 1.40 bits per heavy atom. The quantitative estimate of drug-likeness (QED) is 0.423. The molecule has 0 bridgehead atoms. The van der Waals surface area contributed by atoms with Gasteiger partial charge in [-0.2, -0.15) is 0 Å². The molecule has 0 aromatic heterocycles.